The van der Waals surface area contributed by atoms with Crippen LogP contribution in [-0.2, 0) is 4.74 Å². The second-order valence-corrected chi connectivity index (χ2v) is 5.88. The van der Waals surface area contributed by atoms with Gasteiger partial charge in [0.15, 0.2) is 5.78 Å². The van der Waals surface area contributed by atoms with Crippen LogP contribution in [0.5, 0.6) is 0 Å². The van der Waals surface area contributed by atoms with E-state index < -0.39 is 0 Å². The largest absolute Gasteiger partial charge is 0.381 e. The molecule has 2 heterocycles. The number of Topliss-reactive ketones (excluding diaryl/α,β-unsaturated/α-hetero) is 1. The highest BCUT2D eigenvalue weighted by molar-refractivity contribution is 9.10. The number of carbonyl (C=O) groups is 1. The quantitative estimate of drug-likeness (QED) is 0.780. The summed E-state index contributed by atoms with van der Waals surface area (Å²) in [5, 5.41) is 0. The van der Waals surface area contributed by atoms with Gasteiger partial charge in [-0.2, -0.15) is 0 Å². The SMILES string of the molecule is Cc1sc(C(=O)C2CCOCC2)cc1Br. The highest BCUT2D eigenvalue weighted by Gasteiger charge is 2.24. The summed E-state index contributed by atoms with van der Waals surface area (Å²) < 4.78 is 6.30. The minimum Gasteiger partial charge on any atom is -0.381 e. The number of ketones is 1. The number of hydrogen-bond donors (Lipinski definition) is 0. The Hall–Kier alpha value is -0.190. The first kappa shape index (κ1) is 11.3. The average Bonchev–Trinajstić information content (AvgIpc) is 2.59. The first-order valence-corrected chi connectivity index (χ1v) is 6.67. The van der Waals surface area contributed by atoms with Crippen LogP contribution in [0.1, 0.15) is 27.4 Å². The van der Waals surface area contributed by atoms with Crippen LogP contribution < -0.4 is 0 Å². The van der Waals surface area contributed by atoms with Crippen LogP contribution in [0.3, 0.4) is 0 Å². The molecule has 0 radical (unpaired) electrons. The number of rotatable bonds is 2. The zero-order chi connectivity index (χ0) is 10.8. The van der Waals surface area contributed by atoms with Crippen molar-refractivity contribution in [3.8, 4) is 0 Å². The van der Waals surface area contributed by atoms with Gasteiger partial charge in [-0.1, -0.05) is 0 Å². The summed E-state index contributed by atoms with van der Waals surface area (Å²) in [6.45, 7) is 3.47. The van der Waals surface area contributed by atoms with E-state index in [0.717, 1.165) is 35.4 Å². The Morgan fingerprint density at radius 3 is 2.73 bits per heavy atom. The van der Waals surface area contributed by atoms with Gasteiger partial charge < -0.3 is 4.74 Å². The van der Waals surface area contributed by atoms with Gasteiger partial charge >= 0.3 is 0 Å². The van der Waals surface area contributed by atoms with E-state index in [-0.39, 0.29) is 11.7 Å². The summed E-state index contributed by atoms with van der Waals surface area (Å²) in [5.41, 5.74) is 0. The van der Waals surface area contributed by atoms with Crippen LogP contribution in [0.2, 0.25) is 0 Å². The van der Waals surface area contributed by atoms with Crippen molar-refractivity contribution in [2.24, 2.45) is 5.92 Å². The lowest BCUT2D eigenvalue weighted by Gasteiger charge is -2.19. The van der Waals surface area contributed by atoms with Crippen molar-refractivity contribution in [1.29, 1.82) is 0 Å². The van der Waals surface area contributed by atoms with Gasteiger partial charge in [0.1, 0.15) is 0 Å². The van der Waals surface area contributed by atoms with E-state index in [1.165, 1.54) is 4.88 Å². The van der Waals surface area contributed by atoms with E-state index in [2.05, 4.69) is 15.9 Å². The number of hydrogen-bond acceptors (Lipinski definition) is 3. The number of aryl methyl sites for hydroxylation is 1. The number of thiophene rings is 1. The number of ether oxygens (including phenoxy) is 1. The number of carbonyl (C=O) groups excluding carboxylic acids is 1. The average molecular weight is 289 g/mol. The molecule has 1 fully saturated rings. The first-order chi connectivity index (χ1) is 7.18. The molecule has 1 saturated heterocycles. The van der Waals surface area contributed by atoms with Gasteiger partial charge in [0.2, 0.25) is 0 Å². The molecule has 82 valence electrons. The van der Waals surface area contributed by atoms with Crippen molar-refractivity contribution in [1.82, 2.24) is 0 Å². The zero-order valence-electron chi connectivity index (χ0n) is 8.59. The van der Waals surface area contributed by atoms with Gasteiger partial charge in [-0.3, -0.25) is 4.79 Å². The Bertz CT molecular complexity index is 347. The maximum absolute atomic E-state index is 12.1. The molecule has 2 nitrogen and oxygen atoms in total. The summed E-state index contributed by atoms with van der Waals surface area (Å²) in [4.78, 5) is 14.2. The molecular formula is C11H13BrO2S. The highest BCUT2D eigenvalue weighted by Crippen LogP contribution is 2.30. The van der Waals surface area contributed by atoms with Gasteiger partial charge in [0.05, 0.1) is 4.88 Å². The van der Waals surface area contributed by atoms with Crippen molar-refractivity contribution in [2.45, 2.75) is 19.8 Å². The van der Waals surface area contributed by atoms with Crippen molar-refractivity contribution < 1.29 is 9.53 Å². The lowest BCUT2D eigenvalue weighted by atomic mass is 9.94. The predicted molar refractivity (Wildman–Crippen MR) is 64.6 cm³/mol. The van der Waals surface area contributed by atoms with E-state index in [1.54, 1.807) is 11.3 Å². The van der Waals surface area contributed by atoms with Gasteiger partial charge in [0.25, 0.3) is 0 Å². The first-order valence-electron chi connectivity index (χ1n) is 5.06. The second kappa shape index (κ2) is 4.76. The third-order valence-electron chi connectivity index (χ3n) is 2.69. The molecule has 2 rings (SSSR count). The summed E-state index contributed by atoms with van der Waals surface area (Å²) in [6, 6.07) is 1.94. The van der Waals surface area contributed by atoms with Crippen LogP contribution >= 0.6 is 27.3 Å². The molecule has 1 aromatic heterocycles. The van der Waals surface area contributed by atoms with Crippen molar-refractivity contribution in [2.75, 3.05) is 13.2 Å². The van der Waals surface area contributed by atoms with E-state index in [1.807, 2.05) is 13.0 Å². The van der Waals surface area contributed by atoms with E-state index in [0.29, 0.717) is 0 Å². The van der Waals surface area contributed by atoms with Crippen molar-refractivity contribution >= 4 is 33.0 Å². The van der Waals surface area contributed by atoms with Crippen LogP contribution in [0.25, 0.3) is 0 Å². The van der Waals surface area contributed by atoms with Gasteiger partial charge in [-0.15, -0.1) is 11.3 Å². The summed E-state index contributed by atoms with van der Waals surface area (Å²) in [6.07, 6.45) is 1.74. The molecule has 0 saturated carbocycles. The molecule has 0 aliphatic carbocycles. The fraction of sp³-hybridized carbons (Fsp3) is 0.545. The molecule has 0 spiro atoms. The topological polar surface area (TPSA) is 26.3 Å². The maximum atomic E-state index is 12.1. The summed E-state index contributed by atoms with van der Waals surface area (Å²) >= 11 is 5.02. The Kier molecular flexibility index (Phi) is 3.59. The second-order valence-electron chi connectivity index (χ2n) is 3.77. The molecule has 0 amide bonds. The van der Waals surface area contributed by atoms with E-state index >= 15 is 0 Å². The van der Waals surface area contributed by atoms with Crippen LogP contribution in [0.4, 0.5) is 0 Å². The van der Waals surface area contributed by atoms with Crippen LogP contribution in [0.15, 0.2) is 10.5 Å². The van der Waals surface area contributed by atoms with Gasteiger partial charge in [-0.05, 0) is 41.8 Å². The van der Waals surface area contributed by atoms with E-state index in [9.17, 15) is 4.79 Å². The Morgan fingerprint density at radius 1 is 1.53 bits per heavy atom. The number of halogens is 1. The zero-order valence-corrected chi connectivity index (χ0v) is 11.0. The lowest BCUT2D eigenvalue weighted by Crippen LogP contribution is -2.22. The molecule has 1 aromatic rings. The fourth-order valence-electron chi connectivity index (χ4n) is 1.74. The molecule has 4 heteroatoms. The van der Waals surface area contributed by atoms with Crippen LogP contribution in [0, 0.1) is 12.8 Å². The Labute approximate surface area is 102 Å². The molecule has 0 N–H and O–H groups in total. The molecule has 0 unspecified atom stereocenters. The normalized spacial score (nSPS) is 18.0. The molecule has 15 heavy (non-hydrogen) atoms. The minimum atomic E-state index is 0.170. The van der Waals surface area contributed by atoms with Gasteiger partial charge in [-0.25, -0.2) is 0 Å². The highest BCUT2D eigenvalue weighted by atomic mass is 79.9. The van der Waals surface area contributed by atoms with Crippen molar-refractivity contribution in [3.63, 3.8) is 0 Å². The predicted octanol–water partition coefficient (Wildman–Crippen LogP) is 3.43. The third kappa shape index (κ3) is 2.49. The smallest absolute Gasteiger partial charge is 0.176 e. The molecule has 1 aliphatic heterocycles. The fourth-order valence-corrected chi connectivity index (χ4v) is 3.30. The lowest BCUT2D eigenvalue weighted by molar-refractivity contribution is 0.0547. The minimum absolute atomic E-state index is 0.170. The van der Waals surface area contributed by atoms with Crippen molar-refractivity contribution in [3.05, 3.63) is 20.3 Å². The van der Waals surface area contributed by atoms with Gasteiger partial charge in [0, 0.05) is 28.5 Å². The Morgan fingerprint density at radius 2 is 2.20 bits per heavy atom. The monoisotopic (exact) mass is 288 g/mol. The molecule has 0 atom stereocenters. The third-order valence-corrected chi connectivity index (χ3v) is 4.84. The van der Waals surface area contributed by atoms with Crippen LogP contribution in [-0.4, -0.2) is 19.0 Å². The summed E-state index contributed by atoms with van der Waals surface area (Å²) in [7, 11) is 0. The molecule has 1 aliphatic rings. The molecular weight excluding hydrogens is 276 g/mol. The summed E-state index contributed by atoms with van der Waals surface area (Å²) in [5.74, 6) is 0.459. The van der Waals surface area contributed by atoms with E-state index in [4.69, 9.17) is 4.74 Å². The molecule has 0 aromatic carbocycles. The standard InChI is InChI=1S/C11H13BrO2S/c1-7-9(12)6-10(15-7)11(13)8-2-4-14-5-3-8/h6,8H,2-5H2,1H3. The Balaban J connectivity index is 2.12. The molecule has 0 bridgehead atoms. The maximum Gasteiger partial charge on any atom is 0.176 e.